The fourth-order valence-electron chi connectivity index (χ4n) is 6.37. The Bertz CT molecular complexity index is 1640. The molecule has 2 aromatic rings. The second kappa shape index (κ2) is 18.5. The van der Waals surface area contributed by atoms with Crippen molar-refractivity contribution in [3.05, 3.63) is 65.7 Å². The maximum atomic E-state index is 14.1. The van der Waals surface area contributed by atoms with E-state index in [1.54, 1.807) is 24.3 Å². The van der Waals surface area contributed by atoms with Gasteiger partial charge < -0.3 is 41.2 Å². The monoisotopic (exact) mass is 744 g/mol. The van der Waals surface area contributed by atoms with Crippen molar-refractivity contribution < 1.29 is 52.4 Å². The van der Waals surface area contributed by atoms with Crippen LogP contribution in [0, 0.1) is 0 Å². The van der Waals surface area contributed by atoms with Crippen LogP contribution in [0.4, 0.5) is 4.79 Å². The second-order valence-electron chi connectivity index (χ2n) is 12.7. The number of ether oxygens (including phenoxy) is 1. The summed E-state index contributed by atoms with van der Waals surface area (Å²) in [7, 11) is -3.41. The first kappa shape index (κ1) is 39.8. The van der Waals surface area contributed by atoms with Crippen LogP contribution >= 0.6 is 7.82 Å². The van der Waals surface area contributed by atoms with Crippen LogP contribution < -0.4 is 31.5 Å². The van der Waals surface area contributed by atoms with Gasteiger partial charge in [-0.05, 0) is 55.4 Å². The molecule has 2 aliphatic heterocycles. The third kappa shape index (κ3) is 11.8. The Balaban J connectivity index is 1.51. The molecule has 2 aliphatic rings. The van der Waals surface area contributed by atoms with Crippen LogP contribution in [-0.2, 0) is 46.3 Å². The standard InChI is InChI=1S/C34H45N6O11P/c1-36-30(42)25(16-18-29(35)41)37-32(44)28-17-13-23-9-5-6-10-26(33(45)40(23)28)38-31(43)27(39-34(46)50-20-22-7-3-2-4-8-22)19-21-11-14-24(15-12-21)51-52(47,48)49/h2-4,7-8,11-12,14-15,23,25-28H,5-6,9-10,13,16-20H2,1H3,(H2,35,41)(H,36,42)(H,37,44)(H,38,43)(H,39,46)(H2,47,48,49)/t23?,25-,26-,27-,28-/m0/s1. The quantitative estimate of drug-likeness (QED) is 0.126. The Labute approximate surface area is 300 Å². The van der Waals surface area contributed by atoms with Gasteiger partial charge in [0, 0.05) is 25.9 Å². The summed E-state index contributed by atoms with van der Waals surface area (Å²) in [5, 5.41) is 10.5. The van der Waals surface area contributed by atoms with Crippen LogP contribution in [0.3, 0.4) is 0 Å². The number of benzene rings is 2. The molecule has 2 heterocycles. The van der Waals surface area contributed by atoms with Gasteiger partial charge in [0.2, 0.25) is 29.5 Å². The number of carbonyl (C=O) groups is 6. The highest BCUT2D eigenvalue weighted by Gasteiger charge is 2.45. The molecule has 0 aliphatic carbocycles. The number of hydrogen-bond donors (Lipinski definition) is 7. The summed E-state index contributed by atoms with van der Waals surface area (Å²) in [5.74, 6) is -3.00. The zero-order valence-electron chi connectivity index (χ0n) is 28.7. The summed E-state index contributed by atoms with van der Waals surface area (Å²) in [6.45, 7) is -0.0698. The van der Waals surface area contributed by atoms with Crippen molar-refractivity contribution in [2.24, 2.45) is 5.73 Å². The van der Waals surface area contributed by atoms with E-state index >= 15 is 0 Å². The van der Waals surface area contributed by atoms with Crippen molar-refractivity contribution in [2.45, 2.75) is 94.6 Å². The van der Waals surface area contributed by atoms with Crippen molar-refractivity contribution in [1.29, 1.82) is 0 Å². The predicted octanol–water partition coefficient (Wildman–Crippen LogP) is 0.910. The second-order valence-corrected chi connectivity index (χ2v) is 13.9. The van der Waals surface area contributed by atoms with Gasteiger partial charge in [0.15, 0.2) is 0 Å². The van der Waals surface area contributed by atoms with Crippen molar-refractivity contribution in [1.82, 2.24) is 26.2 Å². The molecule has 282 valence electrons. The third-order valence-corrected chi connectivity index (χ3v) is 9.37. The molecule has 17 nitrogen and oxygen atoms in total. The minimum atomic E-state index is -4.80. The molecule has 0 aromatic heterocycles. The maximum Gasteiger partial charge on any atom is 0.524 e. The zero-order chi connectivity index (χ0) is 37.8. The number of phosphoric acid groups is 1. The summed E-state index contributed by atoms with van der Waals surface area (Å²) >= 11 is 0. The van der Waals surface area contributed by atoms with E-state index in [9.17, 15) is 33.3 Å². The fourth-order valence-corrected chi connectivity index (χ4v) is 6.76. The molecule has 4 rings (SSSR count). The van der Waals surface area contributed by atoms with Gasteiger partial charge in [-0.15, -0.1) is 0 Å². The number of nitrogens with zero attached hydrogens (tertiary/aromatic N) is 1. The van der Waals surface area contributed by atoms with Crippen molar-refractivity contribution >= 4 is 43.5 Å². The van der Waals surface area contributed by atoms with Crippen molar-refractivity contribution in [3.63, 3.8) is 0 Å². The minimum Gasteiger partial charge on any atom is -0.445 e. The molecular weight excluding hydrogens is 699 g/mol. The van der Waals surface area contributed by atoms with Gasteiger partial charge in [0.25, 0.3) is 0 Å². The minimum absolute atomic E-state index is 0.0227. The van der Waals surface area contributed by atoms with Gasteiger partial charge >= 0.3 is 13.9 Å². The highest BCUT2D eigenvalue weighted by atomic mass is 31.2. The SMILES string of the molecule is CNC(=O)[C@H](CCC(N)=O)NC(=O)[C@@H]1CCC2CCCC[C@H](NC(=O)[C@H](Cc3ccc(OP(=O)(O)O)cc3)NC(=O)OCc3ccccc3)C(=O)N21. The number of fused-ring (bicyclic) bond motifs is 1. The number of likely N-dealkylation sites (N-methyl/N-ethyl adjacent to an activating group) is 1. The zero-order valence-corrected chi connectivity index (χ0v) is 29.6. The lowest BCUT2D eigenvalue weighted by atomic mass is 9.98. The van der Waals surface area contributed by atoms with E-state index in [4.69, 9.17) is 20.3 Å². The normalized spacial score (nSPS) is 19.9. The number of nitrogens with two attached hydrogens (primary N) is 1. The molecule has 0 saturated carbocycles. The molecule has 52 heavy (non-hydrogen) atoms. The van der Waals surface area contributed by atoms with Gasteiger partial charge in [-0.1, -0.05) is 55.3 Å². The highest BCUT2D eigenvalue weighted by molar-refractivity contribution is 7.46. The lowest BCUT2D eigenvalue weighted by Crippen LogP contribution is -2.60. The number of nitrogens with one attached hydrogen (secondary N) is 4. The van der Waals surface area contributed by atoms with Gasteiger partial charge in [-0.3, -0.25) is 33.8 Å². The number of phosphoric ester groups is 1. The van der Waals surface area contributed by atoms with E-state index in [1.165, 1.54) is 36.2 Å². The first-order chi connectivity index (χ1) is 24.7. The molecule has 1 unspecified atom stereocenters. The molecule has 0 bridgehead atoms. The number of rotatable bonds is 15. The van der Waals surface area contributed by atoms with Gasteiger partial charge in [0.05, 0.1) is 0 Å². The van der Waals surface area contributed by atoms with E-state index < -0.39 is 67.6 Å². The van der Waals surface area contributed by atoms with Crippen LogP contribution in [-0.4, -0.2) is 87.6 Å². The average Bonchev–Trinajstić information content (AvgIpc) is 3.52. The number of carbonyl (C=O) groups excluding carboxylic acids is 6. The molecule has 5 atom stereocenters. The van der Waals surface area contributed by atoms with Crippen LogP contribution in [0.2, 0.25) is 0 Å². The van der Waals surface area contributed by atoms with E-state index in [2.05, 4.69) is 25.8 Å². The maximum absolute atomic E-state index is 14.1. The molecule has 0 spiro atoms. The van der Waals surface area contributed by atoms with Crippen LogP contribution in [0.25, 0.3) is 0 Å². The van der Waals surface area contributed by atoms with Gasteiger partial charge in [0.1, 0.15) is 36.5 Å². The predicted molar refractivity (Wildman–Crippen MR) is 185 cm³/mol. The Hall–Kier alpha value is -4.99. The number of hydrogen-bond acceptors (Lipinski definition) is 9. The van der Waals surface area contributed by atoms with E-state index in [0.29, 0.717) is 36.8 Å². The topological polar surface area (TPSA) is 256 Å². The third-order valence-electron chi connectivity index (χ3n) is 8.92. The summed E-state index contributed by atoms with van der Waals surface area (Å²) in [4.78, 5) is 98.0. The smallest absolute Gasteiger partial charge is 0.445 e. The molecule has 8 N–H and O–H groups in total. The highest BCUT2D eigenvalue weighted by Crippen LogP contribution is 2.37. The largest absolute Gasteiger partial charge is 0.524 e. The Kier molecular flexibility index (Phi) is 14.1. The molecular formula is C34H45N6O11P. The number of primary amides is 1. The lowest BCUT2D eigenvalue weighted by Gasteiger charge is -2.36. The van der Waals surface area contributed by atoms with Gasteiger partial charge in [-0.25, -0.2) is 9.36 Å². The van der Waals surface area contributed by atoms with Crippen molar-refractivity contribution in [2.75, 3.05) is 7.05 Å². The first-order valence-electron chi connectivity index (χ1n) is 17.0. The Morgan fingerprint density at radius 2 is 1.60 bits per heavy atom. The van der Waals surface area contributed by atoms with Crippen LogP contribution in [0.1, 0.15) is 62.5 Å². The van der Waals surface area contributed by atoms with E-state index in [-0.39, 0.29) is 44.1 Å². The summed E-state index contributed by atoms with van der Waals surface area (Å²) in [6, 6.07) is 9.90. The number of amides is 6. The molecule has 2 saturated heterocycles. The average molecular weight is 745 g/mol. The lowest BCUT2D eigenvalue weighted by molar-refractivity contribution is -0.145. The van der Waals surface area contributed by atoms with Crippen LogP contribution in [0.15, 0.2) is 54.6 Å². The molecule has 18 heteroatoms. The summed E-state index contributed by atoms with van der Waals surface area (Å²) < 4.78 is 21.2. The molecule has 6 amide bonds. The number of alkyl carbamates (subject to hydrolysis) is 1. The van der Waals surface area contributed by atoms with E-state index in [0.717, 1.165) is 6.42 Å². The Morgan fingerprint density at radius 1 is 0.904 bits per heavy atom. The first-order valence-corrected chi connectivity index (χ1v) is 18.5. The fraction of sp³-hybridized carbons (Fsp3) is 0.471. The Morgan fingerprint density at radius 3 is 2.25 bits per heavy atom. The molecule has 2 fully saturated rings. The van der Waals surface area contributed by atoms with Crippen molar-refractivity contribution in [3.8, 4) is 5.75 Å². The summed E-state index contributed by atoms with van der Waals surface area (Å²) in [5.41, 5.74) is 6.46. The van der Waals surface area contributed by atoms with E-state index in [1.807, 2.05) is 6.07 Å². The summed E-state index contributed by atoms with van der Waals surface area (Å²) in [6.07, 6.45) is 1.98. The molecule has 2 aromatic carbocycles. The van der Waals surface area contributed by atoms with Crippen LogP contribution in [0.5, 0.6) is 5.75 Å². The molecule has 0 radical (unpaired) electrons. The van der Waals surface area contributed by atoms with Gasteiger partial charge in [-0.2, -0.15) is 0 Å².